The van der Waals surface area contributed by atoms with Gasteiger partial charge >= 0.3 is 146 Å². The first-order chi connectivity index (χ1) is 11.3. The van der Waals surface area contributed by atoms with E-state index >= 15 is 0 Å². The first-order valence-corrected chi connectivity index (χ1v) is 10.6. The Labute approximate surface area is 146 Å². The Kier molecular flexibility index (Phi) is 8.06. The van der Waals surface area contributed by atoms with Crippen molar-refractivity contribution in [3.05, 3.63) is 59.7 Å². The van der Waals surface area contributed by atoms with Gasteiger partial charge in [0.05, 0.1) is 0 Å². The summed E-state index contributed by atoms with van der Waals surface area (Å²) in [5.41, 5.74) is 2.83. The topological polar surface area (TPSA) is 18.5 Å². The third kappa shape index (κ3) is 6.68. The van der Waals surface area contributed by atoms with Gasteiger partial charge in [-0.25, -0.2) is 0 Å². The molecule has 0 fully saturated rings. The summed E-state index contributed by atoms with van der Waals surface area (Å²) in [5, 5.41) is 2.75. The molecule has 2 nitrogen and oxygen atoms in total. The first-order valence-electron chi connectivity index (χ1n) is 8.15. The first kappa shape index (κ1) is 17.9. The minimum absolute atomic E-state index is 0.777. The Hall–Kier alpha value is -1.44. The summed E-state index contributed by atoms with van der Waals surface area (Å²) in [6, 6.07) is 16.9. The zero-order chi connectivity index (χ0) is 16.3. The van der Waals surface area contributed by atoms with Gasteiger partial charge in [0, 0.05) is 0 Å². The van der Waals surface area contributed by atoms with E-state index in [9.17, 15) is 0 Å². The van der Waals surface area contributed by atoms with Crippen LogP contribution >= 0.6 is 0 Å². The average Bonchev–Trinajstić information content (AvgIpc) is 2.62. The number of rotatable bonds is 10. The van der Waals surface area contributed by atoms with Crippen LogP contribution in [0.5, 0.6) is 11.5 Å². The van der Waals surface area contributed by atoms with Crippen LogP contribution in [0, 0.1) is 0 Å². The molecule has 0 bridgehead atoms. The van der Waals surface area contributed by atoms with Crippen molar-refractivity contribution in [1.82, 2.24) is 0 Å². The summed E-state index contributed by atoms with van der Waals surface area (Å²) >= 11 is 0.777. The summed E-state index contributed by atoms with van der Waals surface area (Å²) in [5.74, 6) is 1.88. The van der Waals surface area contributed by atoms with Gasteiger partial charge in [0.2, 0.25) is 0 Å². The number of ether oxygens (including phenoxy) is 2. The molecule has 0 unspecified atom stereocenters. The summed E-state index contributed by atoms with van der Waals surface area (Å²) < 4.78 is 10.4. The molecule has 3 heteroatoms. The van der Waals surface area contributed by atoms with Crippen LogP contribution in [0.1, 0.15) is 24.0 Å². The van der Waals surface area contributed by atoms with Gasteiger partial charge in [-0.1, -0.05) is 0 Å². The molecule has 0 aliphatic rings. The Morgan fingerprint density at radius 3 is 1.39 bits per heavy atom. The predicted octanol–water partition coefficient (Wildman–Crippen LogP) is 4.81. The molecule has 0 N–H and O–H groups in total. The second kappa shape index (κ2) is 10.4. The van der Waals surface area contributed by atoms with E-state index in [0.717, 1.165) is 26.5 Å². The van der Waals surface area contributed by atoms with Crippen LogP contribution in [0.3, 0.4) is 0 Å². The molecule has 0 heterocycles. The summed E-state index contributed by atoms with van der Waals surface area (Å²) in [7, 11) is 3.42. The van der Waals surface area contributed by atoms with Crippen LogP contribution in [0.4, 0.5) is 0 Å². The van der Waals surface area contributed by atoms with Crippen molar-refractivity contribution < 1.29 is 9.47 Å². The zero-order valence-electron chi connectivity index (χ0n) is 14.1. The van der Waals surface area contributed by atoms with Crippen molar-refractivity contribution in [1.29, 1.82) is 0 Å². The molecular weight excluding hydrogens is 351 g/mol. The van der Waals surface area contributed by atoms with Crippen molar-refractivity contribution in [3.8, 4) is 11.5 Å². The number of methoxy groups -OCH3 is 2. The van der Waals surface area contributed by atoms with E-state index in [4.69, 9.17) is 9.47 Å². The number of aryl methyl sites for hydroxylation is 2. The molecule has 0 spiro atoms. The second-order valence-corrected chi connectivity index (χ2v) is 8.09. The van der Waals surface area contributed by atoms with Crippen LogP contribution in [0.2, 0.25) is 10.6 Å². The summed E-state index contributed by atoms with van der Waals surface area (Å²) in [6.45, 7) is 0. The average molecular weight is 377 g/mol. The Morgan fingerprint density at radius 2 is 1.04 bits per heavy atom. The molecule has 0 saturated carbocycles. The molecule has 0 aliphatic heterocycles. The predicted molar refractivity (Wildman–Crippen MR) is 98.0 cm³/mol. The molecule has 2 rings (SSSR count). The fourth-order valence-corrected chi connectivity index (χ4v) is 4.33. The van der Waals surface area contributed by atoms with Crippen molar-refractivity contribution in [3.63, 3.8) is 0 Å². The molecule has 2 aromatic rings. The summed E-state index contributed by atoms with van der Waals surface area (Å²) in [4.78, 5) is 0. The molecule has 0 amide bonds. The van der Waals surface area contributed by atoms with E-state index < -0.39 is 0 Å². The number of hydrogen-bond acceptors (Lipinski definition) is 2. The molecule has 0 atom stereocenters. The van der Waals surface area contributed by atoms with Crippen LogP contribution in [0.15, 0.2) is 48.5 Å². The van der Waals surface area contributed by atoms with E-state index in [1.54, 1.807) is 14.2 Å². The molecule has 0 aromatic heterocycles. The van der Waals surface area contributed by atoms with Crippen molar-refractivity contribution >= 4 is 15.0 Å². The van der Waals surface area contributed by atoms with Crippen LogP contribution < -0.4 is 9.47 Å². The van der Waals surface area contributed by atoms with E-state index in [-0.39, 0.29) is 0 Å². The standard InChI is InChI=1S/C20H26O2Se/c1-21-19-11-7-17(8-12-19)5-3-15-23-16-4-6-18-9-13-20(22-2)14-10-18/h7-14H,3-6,15-16H2,1-2H3. The third-order valence-corrected chi connectivity index (χ3v) is 6.25. The van der Waals surface area contributed by atoms with Crippen molar-refractivity contribution in [2.75, 3.05) is 14.2 Å². The van der Waals surface area contributed by atoms with Gasteiger partial charge in [0.1, 0.15) is 0 Å². The molecule has 0 aliphatic carbocycles. The molecule has 2 aromatic carbocycles. The number of benzene rings is 2. The van der Waals surface area contributed by atoms with Crippen molar-refractivity contribution in [2.45, 2.75) is 36.3 Å². The molecule has 0 radical (unpaired) electrons. The van der Waals surface area contributed by atoms with Gasteiger partial charge in [-0.15, -0.1) is 0 Å². The van der Waals surface area contributed by atoms with E-state index in [2.05, 4.69) is 48.5 Å². The Balaban J connectivity index is 1.53. The molecule has 124 valence electrons. The molecule has 23 heavy (non-hydrogen) atoms. The zero-order valence-corrected chi connectivity index (χ0v) is 15.8. The van der Waals surface area contributed by atoms with Crippen LogP contribution in [-0.4, -0.2) is 29.2 Å². The fraction of sp³-hybridized carbons (Fsp3) is 0.400. The van der Waals surface area contributed by atoms with Gasteiger partial charge in [-0.05, 0) is 0 Å². The van der Waals surface area contributed by atoms with Gasteiger partial charge in [0.15, 0.2) is 0 Å². The van der Waals surface area contributed by atoms with E-state index in [1.807, 2.05) is 0 Å². The van der Waals surface area contributed by atoms with Gasteiger partial charge in [-0.2, -0.15) is 0 Å². The monoisotopic (exact) mass is 378 g/mol. The second-order valence-electron chi connectivity index (χ2n) is 5.52. The van der Waals surface area contributed by atoms with E-state index in [0.29, 0.717) is 0 Å². The van der Waals surface area contributed by atoms with Crippen LogP contribution in [-0.2, 0) is 12.8 Å². The quantitative estimate of drug-likeness (QED) is 0.437. The van der Waals surface area contributed by atoms with Gasteiger partial charge in [-0.3, -0.25) is 0 Å². The maximum absolute atomic E-state index is 5.18. The SMILES string of the molecule is COc1ccc(CCC[Se]CCCc2ccc(OC)cc2)cc1. The Bertz CT molecular complexity index is 497. The van der Waals surface area contributed by atoms with E-state index in [1.165, 1.54) is 47.4 Å². The number of hydrogen-bond donors (Lipinski definition) is 0. The third-order valence-electron chi connectivity index (χ3n) is 3.83. The maximum atomic E-state index is 5.18. The fourth-order valence-electron chi connectivity index (χ4n) is 2.44. The normalized spacial score (nSPS) is 10.5. The molecular formula is C20H26O2Se. The van der Waals surface area contributed by atoms with Gasteiger partial charge < -0.3 is 0 Å². The Morgan fingerprint density at radius 1 is 0.652 bits per heavy atom. The van der Waals surface area contributed by atoms with Gasteiger partial charge in [0.25, 0.3) is 0 Å². The van der Waals surface area contributed by atoms with Crippen LogP contribution in [0.25, 0.3) is 0 Å². The molecule has 0 saturated heterocycles. The van der Waals surface area contributed by atoms with Crippen molar-refractivity contribution in [2.24, 2.45) is 0 Å². The minimum atomic E-state index is 0.777. The summed E-state index contributed by atoms with van der Waals surface area (Å²) in [6.07, 6.45) is 4.97.